The molecule has 0 fully saturated rings. The Labute approximate surface area is 774 Å². The number of benzene rings is 12. The summed E-state index contributed by atoms with van der Waals surface area (Å²) < 4.78 is 0. The Kier molecular flexibility index (Phi) is 58.4. The largest absolute Gasteiger partial charge is 0.344 e. The van der Waals surface area contributed by atoms with Crippen LogP contribution in [-0.2, 0) is 114 Å². The second kappa shape index (κ2) is 59.8. The summed E-state index contributed by atoms with van der Waals surface area (Å²) in [5, 5.41) is 0. The Morgan fingerprint density at radius 2 is 0.509 bits per heavy atom. The summed E-state index contributed by atoms with van der Waals surface area (Å²) in [7, 11) is 0. The zero-order valence-electron chi connectivity index (χ0n) is 75.9. The van der Waals surface area contributed by atoms with E-state index in [1.54, 1.807) is 18.2 Å². The standard InChI is InChI=1S/3C29H22.12C2H6.3Y/c1-4-22-14-11-19-27-28(22)23-15-7-10-18-26(23)29(27,24-16-8-5-12-20(24)2)25-17-9-6-13-21(25)3;2*1-4-22-17-18-28-24(19-22)23-13-7-10-16-27(23)29(28,25-14-8-5-11-20(25)2)26-15-9-6-12-21(26)3;12*1-2;;;/h1,4-13,15-19H,2-3H3;1,4-16,18-19H,2-3H3;1,4-18H,2-3H3;12*1-2H3;;;/q3*-2;;;;;;;;;;;;;;;. The van der Waals surface area contributed by atoms with Crippen LogP contribution in [-0.4, -0.2) is 0 Å². The smallest absolute Gasteiger partial charge is 0.0528 e. The minimum absolute atomic E-state index is 0. The van der Waals surface area contributed by atoms with E-state index >= 15 is 0 Å². The van der Waals surface area contributed by atoms with Crippen LogP contribution in [0, 0.1) is 79.5 Å². The van der Waals surface area contributed by atoms with Crippen molar-refractivity contribution in [2.24, 2.45) is 0 Å². The van der Waals surface area contributed by atoms with Gasteiger partial charge in [0, 0.05) is 109 Å². The van der Waals surface area contributed by atoms with Gasteiger partial charge in [-0.3, -0.25) is 17.2 Å². The van der Waals surface area contributed by atoms with Crippen molar-refractivity contribution in [3.05, 3.63) is 410 Å². The number of fused-ring (bicyclic) bond motifs is 9. The van der Waals surface area contributed by atoms with E-state index in [1.807, 2.05) is 172 Å². The second-order valence-corrected chi connectivity index (χ2v) is 23.4. The second-order valence-electron chi connectivity index (χ2n) is 23.4. The first-order valence-corrected chi connectivity index (χ1v) is 42.0. The van der Waals surface area contributed by atoms with Crippen molar-refractivity contribution < 1.29 is 98.1 Å². The van der Waals surface area contributed by atoms with Crippen LogP contribution in [0.1, 0.15) is 283 Å². The first-order valence-electron chi connectivity index (χ1n) is 42.0. The van der Waals surface area contributed by atoms with E-state index in [-0.39, 0.29) is 114 Å². The number of hydrogen-bond donors (Lipinski definition) is 0. The molecule has 12 aromatic rings. The third-order valence-corrected chi connectivity index (χ3v) is 18.8. The molecule has 0 aromatic heterocycles. The molecule has 0 spiro atoms. The fraction of sp³-hybridized carbons (Fsp3) is 0.297. The number of hydrogen-bond acceptors (Lipinski definition) is 0. The molecule has 0 bridgehead atoms. The maximum atomic E-state index is 6.05. The third kappa shape index (κ3) is 23.1. The van der Waals surface area contributed by atoms with Crippen molar-refractivity contribution in [2.45, 2.75) is 224 Å². The van der Waals surface area contributed by atoms with Gasteiger partial charge in [-0.1, -0.05) is 407 Å². The summed E-state index contributed by atoms with van der Waals surface area (Å²) in [5.74, 6) is 0. The van der Waals surface area contributed by atoms with Crippen molar-refractivity contribution in [1.29, 1.82) is 0 Å². The molecule has 3 aliphatic carbocycles. The molecule has 3 aliphatic rings. The first kappa shape index (κ1) is 111. The quantitative estimate of drug-likeness (QED) is 0.126. The fourth-order valence-corrected chi connectivity index (χ4v) is 15.2. The topological polar surface area (TPSA) is 0 Å². The molecule has 0 amide bonds. The van der Waals surface area contributed by atoms with Crippen LogP contribution in [0.2, 0.25) is 0 Å². The zero-order chi connectivity index (χ0) is 84.0. The molecular formula is C111H138Y3-6. The average Bonchev–Trinajstić information content (AvgIpc) is 1.54. The van der Waals surface area contributed by atoms with Gasteiger partial charge in [-0.2, -0.15) is 17.7 Å². The molecule has 0 atom stereocenters. The Morgan fingerprint density at radius 3 is 0.833 bits per heavy atom. The van der Waals surface area contributed by atoms with Crippen LogP contribution in [0.3, 0.4) is 0 Å². The molecular weight excluding hydrogens is 1600 g/mol. The van der Waals surface area contributed by atoms with Crippen molar-refractivity contribution in [2.75, 3.05) is 0 Å². The monoisotopic (exact) mass is 1740 g/mol. The summed E-state index contributed by atoms with van der Waals surface area (Å²) in [6, 6.07) is 102. The van der Waals surface area contributed by atoms with Gasteiger partial charge in [-0.15, -0.1) is 34.4 Å². The Hall–Kier alpha value is -6.83. The predicted molar refractivity (Wildman–Crippen MR) is 499 cm³/mol. The molecule has 597 valence electrons. The molecule has 0 saturated heterocycles. The summed E-state index contributed by atoms with van der Waals surface area (Å²) in [6.45, 7) is 79.0. The van der Waals surface area contributed by atoms with Crippen molar-refractivity contribution in [1.82, 2.24) is 0 Å². The van der Waals surface area contributed by atoms with Crippen molar-refractivity contribution in [3.8, 4) is 33.4 Å². The van der Waals surface area contributed by atoms with E-state index in [1.165, 1.54) is 128 Å². The van der Waals surface area contributed by atoms with Gasteiger partial charge in [-0.25, -0.2) is 30.3 Å². The molecule has 0 N–H and O–H groups in total. The van der Waals surface area contributed by atoms with E-state index in [0.717, 1.165) is 22.3 Å². The van der Waals surface area contributed by atoms with Gasteiger partial charge < -0.3 is 37.5 Å². The zero-order valence-corrected chi connectivity index (χ0v) is 84.5. The molecule has 114 heavy (non-hydrogen) atoms. The van der Waals surface area contributed by atoms with E-state index in [0.29, 0.717) is 0 Å². The SMILES string of the molecule is CC.CC.CC.CC.CC.CC.CC.CC.CC.CC.CC.CC.[CH-]=Cc1[c-]c2c(cc1)C(c1ccccc1C)(c1ccccc1C)c1ccccc1-2.[CH-]=Cc1[c-]cc2c(c1)-c1ccccc1C2(c1ccccc1C)c1ccccc1C.[CH-]=Cc1[c-]ccc2c1-c1ccccc1C2(c1ccccc1C)c1ccccc1C.[Y].[Y].[Y]. The van der Waals surface area contributed by atoms with Crippen LogP contribution in [0.4, 0.5) is 0 Å². The van der Waals surface area contributed by atoms with Crippen LogP contribution in [0.5, 0.6) is 0 Å². The van der Waals surface area contributed by atoms with E-state index in [4.69, 9.17) is 19.7 Å². The minimum atomic E-state index is -0.379. The normalized spacial score (nSPS) is 11.0. The van der Waals surface area contributed by atoms with Gasteiger partial charge in [0.25, 0.3) is 0 Å². The van der Waals surface area contributed by atoms with Crippen LogP contribution < -0.4 is 0 Å². The molecule has 0 unspecified atom stereocenters. The van der Waals surface area contributed by atoms with Crippen molar-refractivity contribution >= 4 is 18.2 Å². The van der Waals surface area contributed by atoms with Crippen molar-refractivity contribution in [3.63, 3.8) is 0 Å². The van der Waals surface area contributed by atoms with Gasteiger partial charge in [0.2, 0.25) is 0 Å². The Bertz CT molecular complexity index is 4350. The molecule has 15 rings (SSSR count). The summed E-state index contributed by atoms with van der Waals surface area (Å²) >= 11 is 0. The molecule has 0 aliphatic heterocycles. The molecule has 3 radical (unpaired) electrons. The molecule has 12 aromatic carbocycles. The number of aryl methyl sites for hydroxylation is 6. The van der Waals surface area contributed by atoms with E-state index in [9.17, 15) is 0 Å². The summed E-state index contributed by atoms with van der Waals surface area (Å²) in [4.78, 5) is 0. The maximum absolute atomic E-state index is 6.05. The van der Waals surface area contributed by atoms with Gasteiger partial charge in [0.15, 0.2) is 0 Å². The first-order chi connectivity index (χ1) is 54.5. The molecule has 0 heterocycles. The van der Waals surface area contributed by atoms with E-state index in [2.05, 4.69) is 308 Å². The van der Waals surface area contributed by atoms with Gasteiger partial charge >= 0.3 is 0 Å². The van der Waals surface area contributed by atoms with Crippen LogP contribution in [0.25, 0.3) is 51.6 Å². The average molecular weight is 1740 g/mol. The fourth-order valence-electron chi connectivity index (χ4n) is 15.2. The van der Waals surface area contributed by atoms with E-state index < -0.39 is 0 Å². The maximum Gasteiger partial charge on any atom is 0.0528 e. The molecule has 0 nitrogen and oxygen atoms in total. The molecule has 3 heteroatoms. The minimum Gasteiger partial charge on any atom is -0.344 e. The Balaban J connectivity index is -0.00000141. The Morgan fingerprint density at radius 1 is 0.237 bits per heavy atom. The summed E-state index contributed by atoms with van der Waals surface area (Å²) in [5.41, 5.74) is 32.4. The van der Waals surface area contributed by atoms with Crippen LogP contribution >= 0.6 is 0 Å². The van der Waals surface area contributed by atoms with Gasteiger partial charge in [0.1, 0.15) is 0 Å². The number of rotatable bonds is 9. The van der Waals surface area contributed by atoms with Crippen LogP contribution in [0.15, 0.2) is 255 Å². The third-order valence-electron chi connectivity index (χ3n) is 18.8. The van der Waals surface area contributed by atoms with Gasteiger partial charge in [0.05, 0.1) is 5.41 Å². The summed E-state index contributed by atoms with van der Waals surface area (Å²) in [6.07, 6.45) is 4.94. The predicted octanol–water partition coefficient (Wildman–Crippen LogP) is 33.0. The van der Waals surface area contributed by atoms with Gasteiger partial charge in [-0.05, 0) is 125 Å². The molecule has 0 saturated carbocycles.